The second-order valence-corrected chi connectivity index (χ2v) is 6.24. The Morgan fingerprint density at radius 2 is 1.96 bits per heavy atom. The van der Waals surface area contributed by atoms with E-state index in [2.05, 4.69) is 73.6 Å². The quantitative estimate of drug-likeness (QED) is 0.484. The van der Waals surface area contributed by atoms with Crippen LogP contribution in [0.1, 0.15) is 37.3 Å². The van der Waals surface area contributed by atoms with Crippen molar-refractivity contribution < 1.29 is 0 Å². The van der Waals surface area contributed by atoms with Gasteiger partial charge in [-0.15, -0.1) is 0 Å². The van der Waals surface area contributed by atoms with Crippen molar-refractivity contribution in [3.05, 3.63) is 102 Å². The Morgan fingerprint density at radius 3 is 2.62 bits per heavy atom. The molecule has 1 aromatic rings. The molecular weight excluding hydrogens is 316 g/mol. The molecule has 2 nitrogen and oxygen atoms in total. The van der Waals surface area contributed by atoms with Crippen molar-refractivity contribution in [2.75, 3.05) is 0 Å². The van der Waals surface area contributed by atoms with Gasteiger partial charge in [0, 0.05) is 18.5 Å². The molecule has 1 aromatic carbocycles. The maximum absolute atomic E-state index is 6.03. The van der Waals surface area contributed by atoms with Gasteiger partial charge in [-0.1, -0.05) is 80.8 Å². The highest BCUT2D eigenvalue weighted by atomic mass is 14.9. The maximum Gasteiger partial charge on any atom is 0.104 e. The topological polar surface area (TPSA) is 38.4 Å². The molecule has 0 unspecified atom stereocenters. The van der Waals surface area contributed by atoms with Gasteiger partial charge in [0.15, 0.2) is 0 Å². The van der Waals surface area contributed by atoms with Crippen molar-refractivity contribution >= 4 is 11.4 Å². The molecule has 1 aliphatic rings. The van der Waals surface area contributed by atoms with Gasteiger partial charge >= 0.3 is 0 Å². The largest absolute Gasteiger partial charge is 0.387 e. The van der Waals surface area contributed by atoms with Crippen LogP contribution < -0.4 is 5.73 Å². The van der Waals surface area contributed by atoms with Crippen LogP contribution in [0.4, 0.5) is 0 Å². The van der Waals surface area contributed by atoms with E-state index in [1.54, 1.807) is 6.08 Å². The lowest BCUT2D eigenvalue weighted by Gasteiger charge is -2.06. The van der Waals surface area contributed by atoms with Gasteiger partial charge in [0.1, 0.15) is 5.84 Å². The van der Waals surface area contributed by atoms with E-state index < -0.39 is 0 Å². The normalized spacial score (nSPS) is 17.0. The molecule has 0 amide bonds. The molecule has 2 N–H and O–H groups in total. The van der Waals surface area contributed by atoms with Gasteiger partial charge < -0.3 is 5.73 Å². The first-order valence-corrected chi connectivity index (χ1v) is 9.08. The zero-order valence-corrected chi connectivity index (χ0v) is 15.6. The Labute approximate surface area is 157 Å². The Bertz CT molecular complexity index is 784. The van der Waals surface area contributed by atoms with E-state index in [0.29, 0.717) is 12.3 Å². The summed E-state index contributed by atoms with van der Waals surface area (Å²) in [6.07, 6.45) is 17.7. The molecule has 0 atom stereocenters. The molecule has 2 rings (SSSR count). The van der Waals surface area contributed by atoms with Gasteiger partial charge in [-0.2, -0.15) is 0 Å². The number of nitrogens with zero attached hydrogens (tertiary/aromatic N) is 1. The molecule has 134 valence electrons. The maximum atomic E-state index is 6.03. The van der Waals surface area contributed by atoms with Gasteiger partial charge in [-0.3, -0.25) is 0 Å². The molecule has 1 heterocycles. The van der Waals surface area contributed by atoms with Crippen LogP contribution in [0.2, 0.25) is 0 Å². The molecule has 2 heteroatoms. The van der Waals surface area contributed by atoms with E-state index in [4.69, 9.17) is 5.73 Å². The number of hydrogen-bond acceptors (Lipinski definition) is 2. The van der Waals surface area contributed by atoms with Crippen LogP contribution in [-0.2, 0) is 6.42 Å². The third-order valence-corrected chi connectivity index (χ3v) is 4.17. The number of rotatable bonds is 7. The Morgan fingerprint density at radius 1 is 1.19 bits per heavy atom. The fourth-order valence-electron chi connectivity index (χ4n) is 2.79. The zero-order valence-electron chi connectivity index (χ0n) is 15.6. The van der Waals surface area contributed by atoms with Crippen molar-refractivity contribution in [1.29, 1.82) is 0 Å². The number of aliphatic imine (C=N–C) groups is 1. The van der Waals surface area contributed by atoms with Crippen LogP contribution in [0.25, 0.3) is 5.57 Å². The molecule has 0 bridgehead atoms. The average molecular weight is 345 g/mol. The predicted molar refractivity (Wildman–Crippen MR) is 115 cm³/mol. The zero-order chi connectivity index (χ0) is 18.8. The standard InChI is InChI=1S/C24H28N2/c1-4-7-8-10-20-11-14-21(15-12-20)22(9-5-2)18-23-16-13-19(6-3)17-24(25)26-23/h5-9,11-15,18H,2-4,10,16-17H2,1H3,(H2,25,26)/b8-7+,22-9+,23-18+. The van der Waals surface area contributed by atoms with Gasteiger partial charge in [-0.05, 0) is 41.2 Å². The first-order valence-electron chi connectivity index (χ1n) is 9.08. The fourth-order valence-corrected chi connectivity index (χ4v) is 2.79. The van der Waals surface area contributed by atoms with Crippen LogP contribution in [0, 0.1) is 0 Å². The lowest BCUT2D eigenvalue weighted by Crippen LogP contribution is -2.11. The highest BCUT2D eigenvalue weighted by Crippen LogP contribution is 2.23. The predicted octanol–water partition coefficient (Wildman–Crippen LogP) is 5.91. The molecule has 0 saturated heterocycles. The van der Waals surface area contributed by atoms with E-state index in [1.807, 2.05) is 12.2 Å². The van der Waals surface area contributed by atoms with Crippen molar-refractivity contribution in [1.82, 2.24) is 0 Å². The minimum absolute atomic E-state index is 0.621. The van der Waals surface area contributed by atoms with Crippen molar-refractivity contribution in [3.8, 4) is 0 Å². The van der Waals surface area contributed by atoms with Gasteiger partial charge in [0.2, 0.25) is 0 Å². The minimum atomic E-state index is 0.621. The molecule has 0 spiro atoms. The van der Waals surface area contributed by atoms with Crippen molar-refractivity contribution in [3.63, 3.8) is 0 Å². The third-order valence-electron chi connectivity index (χ3n) is 4.17. The second kappa shape index (κ2) is 10.2. The molecule has 0 radical (unpaired) electrons. The highest BCUT2D eigenvalue weighted by molar-refractivity contribution is 5.85. The number of nitrogens with two attached hydrogens (primary N) is 1. The summed E-state index contributed by atoms with van der Waals surface area (Å²) in [4.78, 5) is 4.56. The highest BCUT2D eigenvalue weighted by Gasteiger charge is 2.07. The summed E-state index contributed by atoms with van der Waals surface area (Å²) in [5.41, 5.74) is 11.6. The number of amidine groups is 1. The molecule has 0 aromatic heterocycles. The second-order valence-electron chi connectivity index (χ2n) is 6.24. The summed E-state index contributed by atoms with van der Waals surface area (Å²) in [7, 11) is 0. The van der Waals surface area contributed by atoms with Crippen LogP contribution in [0.5, 0.6) is 0 Å². The van der Waals surface area contributed by atoms with Gasteiger partial charge in [0.05, 0.1) is 0 Å². The minimum Gasteiger partial charge on any atom is -0.387 e. The van der Waals surface area contributed by atoms with Crippen LogP contribution in [0.15, 0.2) is 96.2 Å². The number of benzene rings is 1. The fraction of sp³-hybridized carbons (Fsp3) is 0.208. The van der Waals surface area contributed by atoms with Crippen LogP contribution in [0.3, 0.4) is 0 Å². The third kappa shape index (κ3) is 5.89. The number of allylic oxidation sites excluding steroid dienone is 8. The summed E-state index contributed by atoms with van der Waals surface area (Å²) in [6, 6.07) is 8.64. The Kier molecular flexibility index (Phi) is 7.63. The van der Waals surface area contributed by atoms with E-state index in [-0.39, 0.29) is 0 Å². The average Bonchev–Trinajstić information content (AvgIpc) is 2.83. The van der Waals surface area contributed by atoms with E-state index >= 15 is 0 Å². The summed E-state index contributed by atoms with van der Waals surface area (Å²) in [6.45, 7) is 9.82. The summed E-state index contributed by atoms with van der Waals surface area (Å²) >= 11 is 0. The lowest BCUT2D eigenvalue weighted by atomic mass is 10.0. The number of hydrogen-bond donors (Lipinski definition) is 1. The van der Waals surface area contributed by atoms with Crippen LogP contribution >= 0.6 is 0 Å². The molecule has 0 fully saturated rings. The summed E-state index contributed by atoms with van der Waals surface area (Å²) < 4.78 is 0. The summed E-state index contributed by atoms with van der Waals surface area (Å²) in [5, 5.41) is 0. The van der Waals surface area contributed by atoms with E-state index in [0.717, 1.165) is 41.7 Å². The van der Waals surface area contributed by atoms with Crippen LogP contribution in [-0.4, -0.2) is 5.84 Å². The first-order chi connectivity index (χ1) is 12.7. The Hall–Kier alpha value is -2.87. The van der Waals surface area contributed by atoms with Gasteiger partial charge in [-0.25, -0.2) is 4.99 Å². The van der Waals surface area contributed by atoms with Gasteiger partial charge in [0.25, 0.3) is 0 Å². The van der Waals surface area contributed by atoms with Crippen molar-refractivity contribution in [2.45, 2.75) is 32.6 Å². The molecule has 0 saturated carbocycles. The van der Waals surface area contributed by atoms with E-state index in [9.17, 15) is 0 Å². The first kappa shape index (κ1) is 19.5. The lowest BCUT2D eigenvalue weighted by molar-refractivity contribution is 1.17. The van der Waals surface area contributed by atoms with E-state index in [1.165, 1.54) is 5.56 Å². The smallest absolute Gasteiger partial charge is 0.104 e. The monoisotopic (exact) mass is 344 g/mol. The molecule has 1 aliphatic heterocycles. The SMILES string of the molecule is C=C/C=C(\C=C1/CC=C(C=C)CC(N)=N1)c1ccc(C/C=C/CC)cc1. The molecule has 0 aliphatic carbocycles. The Balaban J connectivity index is 2.26. The molecular formula is C24H28N2. The molecule has 26 heavy (non-hydrogen) atoms. The summed E-state index contributed by atoms with van der Waals surface area (Å²) in [5.74, 6) is 0.621. The van der Waals surface area contributed by atoms with Crippen molar-refractivity contribution in [2.24, 2.45) is 10.7 Å².